The first-order valence-corrected chi connectivity index (χ1v) is 5.22. The van der Waals surface area contributed by atoms with Gasteiger partial charge in [-0.3, -0.25) is 0 Å². The molecule has 2 aromatic rings. The summed E-state index contributed by atoms with van der Waals surface area (Å²) >= 11 is 0. The zero-order valence-electron chi connectivity index (χ0n) is 8.95. The highest BCUT2D eigenvalue weighted by atomic mass is 16.5. The fourth-order valence-electron chi connectivity index (χ4n) is 2.16. The van der Waals surface area contributed by atoms with Crippen LogP contribution in [0, 0.1) is 0 Å². The van der Waals surface area contributed by atoms with Crippen LogP contribution in [-0.2, 0) is 6.42 Å². The third-order valence-electron chi connectivity index (χ3n) is 2.96. The average molecular weight is 216 g/mol. The van der Waals surface area contributed by atoms with Gasteiger partial charge >= 0.3 is 0 Å². The maximum atomic E-state index is 9.68. The summed E-state index contributed by atoms with van der Waals surface area (Å²) in [4.78, 5) is 7.20. The van der Waals surface area contributed by atoms with E-state index in [0.717, 1.165) is 34.3 Å². The van der Waals surface area contributed by atoms with Gasteiger partial charge in [-0.15, -0.1) is 0 Å². The lowest BCUT2D eigenvalue weighted by molar-refractivity contribution is 0.415. The van der Waals surface area contributed by atoms with Crippen LogP contribution in [0.1, 0.15) is 11.3 Å². The van der Waals surface area contributed by atoms with Crippen molar-refractivity contribution in [1.82, 2.24) is 4.98 Å². The minimum absolute atomic E-state index is 0.108. The number of nitrogens with one attached hydrogen (secondary N) is 1. The third-order valence-corrected chi connectivity index (χ3v) is 2.96. The summed E-state index contributed by atoms with van der Waals surface area (Å²) < 4.78 is 5.17. The fraction of sp³-hybridized carbons (Fsp3) is 0.250. The lowest BCUT2D eigenvalue weighted by Crippen LogP contribution is -2.10. The maximum Gasteiger partial charge on any atom is 0.230 e. The van der Waals surface area contributed by atoms with Crippen LogP contribution < -0.4 is 4.74 Å². The molecule has 0 amide bonds. The van der Waals surface area contributed by atoms with E-state index in [-0.39, 0.29) is 5.90 Å². The first-order chi connectivity index (χ1) is 7.79. The van der Waals surface area contributed by atoms with Gasteiger partial charge < -0.3 is 14.8 Å². The van der Waals surface area contributed by atoms with E-state index in [1.165, 1.54) is 0 Å². The van der Waals surface area contributed by atoms with Gasteiger partial charge in [-0.2, -0.15) is 0 Å². The number of aromatic amines is 1. The number of fused-ring (bicyclic) bond motifs is 3. The van der Waals surface area contributed by atoms with Crippen LogP contribution in [0.2, 0.25) is 0 Å². The van der Waals surface area contributed by atoms with E-state index in [1.807, 2.05) is 18.2 Å². The van der Waals surface area contributed by atoms with Crippen molar-refractivity contribution in [3.63, 3.8) is 0 Å². The molecule has 4 nitrogen and oxygen atoms in total. The molecule has 1 aliphatic rings. The minimum atomic E-state index is 0.108. The van der Waals surface area contributed by atoms with E-state index in [2.05, 4.69) is 9.98 Å². The van der Waals surface area contributed by atoms with Crippen molar-refractivity contribution >= 4 is 16.8 Å². The van der Waals surface area contributed by atoms with Crippen LogP contribution in [-0.4, -0.2) is 29.6 Å². The van der Waals surface area contributed by atoms with Crippen molar-refractivity contribution in [3.05, 3.63) is 29.5 Å². The van der Waals surface area contributed by atoms with Crippen molar-refractivity contribution in [2.45, 2.75) is 6.42 Å². The number of aliphatic hydroxyl groups is 1. The Hall–Kier alpha value is -1.97. The van der Waals surface area contributed by atoms with Crippen molar-refractivity contribution in [2.75, 3.05) is 13.7 Å². The Morgan fingerprint density at radius 3 is 3.12 bits per heavy atom. The number of aliphatic imine (C=N–C) groups is 1. The number of aromatic nitrogens is 1. The number of rotatable bonds is 1. The van der Waals surface area contributed by atoms with E-state index in [1.54, 1.807) is 7.11 Å². The smallest absolute Gasteiger partial charge is 0.230 e. The van der Waals surface area contributed by atoms with Gasteiger partial charge in [-0.1, -0.05) is 0 Å². The van der Waals surface area contributed by atoms with Gasteiger partial charge in [0, 0.05) is 23.5 Å². The summed E-state index contributed by atoms with van der Waals surface area (Å²) in [6.07, 6.45) is 0.867. The quantitative estimate of drug-likeness (QED) is 0.766. The molecule has 2 N–H and O–H groups in total. The molecule has 4 heteroatoms. The fourth-order valence-corrected chi connectivity index (χ4v) is 2.16. The van der Waals surface area contributed by atoms with Crippen LogP contribution in [0.4, 0.5) is 0 Å². The van der Waals surface area contributed by atoms with E-state index < -0.39 is 0 Å². The van der Waals surface area contributed by atoms with Gasteiger partial charge in [0.2, 0.25) is 5.90 Å². The second-order valence-electron chi connectivity index (χ2n) is 3.85. The standard InChI is InChI=1S/C12H12N2O2/c1-16-7-2-3-8-9-4-5-13-12(15)11(9)14-10(8)6-7/h2-3,6,14H,4-5H2,1H3,(H,13,15). The van der Waals surface area contributed by atoms with Gasteiger partial charge in [0.15, 0.2) is 0 Å². The summed E-state index contributed by atoms with van der Waals surface area (Å²) in [6.45, 7) is 0.651. The Balaban J connectivity index is 2.28. The van der Waals surface area contributed by atoms with E-state index >= 15 is 0 Å². The molecule has 0 unspecified atom stereocenters. The zero-order chi connectivity index (χ0) is 11.1. The molecule has 0 saturated heterocycles. The molecule has 82 valence electrons. The predicted octanol–water partition coefficient (Wildman–Crippen LogP) is 2.04. The highest BCUT2D eigenvalue weighted by Crippen LogP contribution is 2.28. The number of benzene rings is 1. The summed E-state index contributed by atoms with van der Waals surface area (Å²) in [5, 5.41) is 10.8. The molecule has 0 fully saturated rings. The van der Waals surface area contributed by atoms with Crippen LogP contribution in [0.3, 0.4) is 0 Å². The number of hydrogen-bond donors (Lipinski definition) is 2. The minimum Gasteiger partial charge on any atom is -0.497 e. The van der Waals surface area contributed by atoms with Crippen molar-refractivity contribution < 1.29 is 9.84 Å². The molecule has 0 spiro atoms. The van der Waals surface area contributed by atoms with Gasteiger partial charge in [-0.05, 0) is 24.1 Å². The summed E-state index contributed by atoms with van der Waals surface area (Å²) in [5.74, 6) is 0.916. The van der Waals surface area contributed by atoms with Crippen LogP contribution in [0.5, 0.6) is 5.75 Å². The number of hydrogen-bond acceptors (Lipinski definition) is 2. The number of aliphatic hydroxyl groups excluding tert-OH is 1. The summed E-state index contributed by atoms with van der Waals surface area (Å²) in [5.41, 5.74) is 2.87. The monoisotopic (exact) mass is 216 g/mol. The number of nitrogens with zero attached hydrogens (tertiary/aromatic N) is 1. The Bertz CT molecular complexity index is 584. The van der Waals surface area contributed by atoms with Crippen LogP contribution in [0.15, 0.2) is 23.2 Å². The summed E-state index contributed by atoms with van der Waals surface area (Å²) in [7, 11) is 1.64. The zero-order valence-corrected chi connectivity index (χ0v) is 8.95. The predicted molar refractivity (Wildman–Crippen MR) is 62.6 cm³/mol. The van der Waals surface area contributed by atoms with Crippen molar-refractivity contribution in [2.24, 2.45) is 4.99 Å². The van der Waals surface area contributed by atoms with Crippen molar-refractivity contribution in [1.29, 1.82) is 0 Å². The highest BCUT2D eigenvalue weighted by molar-refractivity contribution is 6.01. The lowest BCUT2D eigenvalue weighted by atomic mass is 10.1. The topological polar surface area (TPSA) is 57.6 Å². The molecule has 16 heavy (non-hydrogen) atoms. The molecule has 1 aromatic heterocycles. The van der Waals surface area contributed by atoms with Crippen molar-refractivity contribution in [3.8, 4) is 5.75 Å². The Morgan fingerprint density at radius 2 is 2.31 bits per heavy atom. The molecule has 0 radical (unpaired) electrons. The molecule has 3 rings (SSSR count). The molecule has 0 saturated carbocycles. The van der Waals surface area contributed by atoms with Crippen LogP contribution in [0.25, 0.3) is 10.9 Å². The second kappa shape index (κ2) is 3.27. The van der Waals surface area contributed by atoms with Gasteiger partial charge in [0.05, 0.1) is 7.11 Å². The number of ether oxygens (including phenoxy) is 1. The molecule has 2 heterocycles. The normalized spacial score (nSPS) is 14.7. The Labute approximate surface area is 92.6 Å². The van der Waals surface area contributed by atoms with E-state index in [9.17, 15) is 5.11 Å². The average Bonchev–Trinajstić information content (AvgIpc) is 2.68. The molecular formula is C12H12N2O2. The number of methoxy groups -OCH3 is 1. The first-order valence-electron chi connectivity index (χ1n) is 5.22. The molecule has 0 atom stereocenters. The molecule has 0 aliphatic carbocycles. The second-order valence-corrected chi connectivity index (χ2v) is 3.85. The Kier molecular flexibility index (Phi) is 1.89. The lowest BCUT2D eigenvalue weighted by Gasteiger charge is -2.07. The van der Waals surface area contributed by atoms with Crippen LogP contribution >= 0.6 is 0 Å². The van der Waals surface area contributed by atoms with E-state index in [4.69, 9.17) is 4.74 Å². The largest absolute Gasteiger partial charge is 0.497 e. The van der Waals surface area contributed by atoms with E-state index in [0.29, 0.717) is 6.54 Å². The van der Waals surface area contributed by atoms with Gasteiger partial charge in [-0.25, -0.2) is 4.99 Å². The Morgan fingerprint density at radius 1 is 1.44 bits per heavy atom. The molecule has 0 bridgehead atoms. The maximum absolute atomic E-state index is 9.68. The van der Waals surface area contributed by atoms with Gasteiger partial charge in [0.25, 0.3) is 0 Å². The SMILES string of the molecule is COc1ccc2c3c([nH]c2c1)C(O)=NCC3. The van der Waals surface area contributed by atoms with Gasteiger partial charge in [0.1, 0.15) is 11.4 Å². The molecule has 1 aromatic carbocycles. The highest BCUT2D eigenvalue weighted by Gasteiger charge is 2.18. The molecule has 1 aliphatic heterocycles. The third kappa shape index (κ3) is 1.19. The number of H-pyrrole nitrogens is 1. The summed E-state index contributed by atoms with van der Waals surface area (Å²) in [6, 6.07) is 5.88. The molecular weight excluding hydrogens is 204 g/mol. The first kappa shape index (κ1) is 9.27.